The number of benzene rings is 1. The summed E-state index contributed by atoms with van der Waals surface area (Å²) in [4.78, 5) is 18.9. The van der Waals surface area contributed by atoms with E-state index in [1.807, 2.05) is 27.0 Å². The Labute approximate surface area is 162 Å². The molecule has 6 nitrogen and oxygen atoms in total. The lowest BCUT2D eigenvalue weighted by atomic mass is 10.1. The number of carbonyl (C=O) groups is 1. The summed E-state index contributed by atoms with van der Waals surface area (Å²) in [5.74, 6) is 0.857. The van der Waals surface area contributed by atoms with E-state index in [0.29, 0.717) is 19.7 Å². The Morgan fingerprint density at radius 2 is 2.04 bits per heavy atom. The van der Waals surface area contributed by atoms with Crippen molar-refractivity contribution >= 4 is 6.03 Å². The van der Waals surface area contributed by atoms with Gasteiger partial charge in [0.2, 0.25) is 0 Å². The number of carbonyl (C=O) groups excluding carboxylic acids is 1. The smallest absolute Gasteiger partial charge is 0.318 e. The largest absolute Gasteiger partial charge is 0.383 e. The molecular weight excluding hydrogens is 340 g/mol. The summed E-state index contributed by atoms with van der Waals surface area (Å²) < 4.78 is 7.28. The van der Waals surface area contributed by atoms with Crippen LogP contribution in [0.4, 0.5) is 4.79 Å². The monoisotopic (exact) mass is 372 g/mol. The van der Waals surface area contributed by atoms with Gasteiger partial charge in [0.25, 0.3) is 0 Å². The van der Waals surface area contributed by atoms with Crippen LogP contribution in [0.5, 0.6) is 0 Å². The van der Waals surface area contributed by atoms with E-state index in [0.717, 1.165) is 12.4 Å². The van der Waals surface area contributed by atoms with Crippen LogP contribution in [-0.2, 0) is 17.8 Å². The van der Waals surface area contributed by atoms with Crippen molar-refractivity contribution in [1.29, 1.82) is 0 Å². The molecule has 1 heterocycles. The van der Waals surface area contributed by atoms with Gasteiger partial charge in [0, 0.05) is 38.1 Å². The first-order chi connectivity index (χ1) is 12.7. The van der Waals surface area contributed by atoms with Crippen LogP contribution in [0.15, 0.2) is 30.6 Å². The fraction of sp³-hybridized carbons (Fsp3) is 0.524. The molecule has 1 aromatic carbocycles. The molecule has 0 radical (unpaired) electrons. The predicted octanol–water partition coefficient (Wildman–Crippen LogP) is 3.50. The van der Waals surface area contributed by atoms with Crippen LogP contribution in [0, 0.1) is 13.8 Å². The second-order valence-electron chi connectivity index (χ2n) is 8.00. The summed E-state index contributed by atoms with van der Waals surface area (Å²) in [6.45, 7) is 12.3. The normalized spacial score (nSPS) is 11.5. The average Bonchev–Trinajstić information content (AvgIpc) is 3.00. The lowest BCUT2D eigenvalue weighted by molar-refractivity contribution is 0.140. The minimum Gasteiger partial charge on any atom is -0.383 e. The predicted molar refractivity (Wildman–Crippen MR) is 108 cm³/mol. The number of urea groups is 1. The minimum atomic E-state index is -0.295. The standard InChI is InChI=1S/C21H32N4O2/c1-16-7-8-17(2)18(13-16)14-24-10-9-22-19(24)15-25(11-12-27-6)20(26)23-21(3,4)5/h7-10,13H,11-12,14-15H2,1-6H3,(H,23,26). The van der Waals surface area contributed by atoms with Gasteiger partial charge in [-0.3, -0.25) is 0 Å². The molecule has 1 aromatic heterocycles. The van der Waals surface area contributed by atoms with Crippen molar-refractivity contribution in [2.45, 2.75) is 53.2 Å². The third-order valence-corrected chi connectivity index (χ3v) is 4.31. The summed E-state index contributed by atoms with van der Waals surface area (Å²) in [5, 5.41) is 3.02. The SMILES string of the molecule is COCCN(Cc1nccn1Cc1cc(C)ccc1C)C(=O)NC(C)(C)C. The third kappa shape index (κ3) is 6.40. The van der Waals surface area contributed by atoms with Crippen LogP contribution >= 0.6 is 0 Å². The van der Waals surface area contributed by atoms with Gasteiger partial charge in [-0.25, -0.2) is 9.78 Å². The number of aryl methyl sites for hydroxylation is 2. The zero-order chi connectivity index (χ0) is 20.0. The number of aromatic nitrogens is 2. The van der Waals surface area contributed by atoms with Gasteiger partial charge in [0.05, 0.1) is 13.2 Å². The molecule has 2 rings (SSSR count). The van der Waals surface area contributed by atoms with Crippen molar-refractivity contribution in [3.05, 3.63) is 53.1 Å². The quantitative estimate of drug-likeness (QED) is 0.809. The Morgan fingerprint density at radius 3 is 2.70 bits per heavy atom. The number of amides is 2. The number of nitrogens with zero attached hydrogens (tertiary/aromatic N) is 3. The summed E-state index contributed by atoms with van der Waals surface area (Å²) in [7, 11) is 1.64. The molecule has 1 N–H and O–H groups in total. The molecule has 0 aliphatic rings. The van der Waals surface area contributed by atoms with Crippen molar-refractivity contribution in [2.24, 2.45) is 0 Å². The summed E-state index contributed by atoms with van der Waals surface area (Å²) in [5.41, 5.74) is 3.46. The summed E-state index contributed by atoms with van der Waals surface area (Å²) >= 11 is 0. The Hall–Kier alpha value is -2.34. The van der Waals surface area contributed by atoms with Gasteiger partial charge >= 0.3 is 6.03 Å². The van der Waals surface area contributed by atoms with E-state index in [-0.39, 0.29) is 11.6 Å². The molecule has 0 saturated carbocycles. The first kappa shape index (κ1) is 21.0. The molecule has 0 bridgehead atoms. The van der Waals surface area contributed by atoms with E-state index in [2.05, 4.69) is 46.9 Å². The molecule has 0 unspecified atom stereocenters. The van der Waals surface area contributed by atoms with Crippen LogP contribution in [0.3, 0.4) is 0 Å². The van der Waals surface area contributed by atoms with Gasteiger partial charge in [-0.2, -0.15) is 0 Å². The zero-order valence-corrected chi connectivity index (χ0v) is 17.4. The number of rotatable bonds is 7. The van der Waals surface area contributed by atoms with Gasteiger partial charge < -0.3 is 19.5 Å². The number of nitrogens with one attached hydrogen (secondary N) is 1. The Morgan fingerprint density at radius 1 is 1.30 bits per heavy atom. The highest BCUT2D eigenvalue weighted by atomic mass is 16.5. The molecule has 2 aromatic rings. The second kappa shape index (κ2) is 9.04. The first-order valence-electron chi connectivity index (χ1n) is 9.32. The topological polar surface area (TPSA) is 59.4 Å². The van der Waals surface area contributed by atoms with E-state index in [1.165, 1.54) is 16.7 Å². The average molecular weight is 373 g/mol. The highest BCUT2D eigenvalue weighted by molar-refractivity contribution is 5.74. The molecule has 0 fully saturated rings. The Kier molecular flexibility index (Phi) is 7.02. The lowest BCUT2D eigenvalue weighted by Gasteiger charge is -2.28. The Balaban J connectivity index is 2.17. The van der Waals surface area contributed by atoms with Gasteiger partial charge in [0.1, 0.15) is 5.82 Å². The lowest BCUT2D eigenvalue weighted by Crippen LogP contribution is -2.49. The second-order valence-corrected chi connectivity index (χ2v) is 8.00. The van der Waals surface area contributed by atoms with Crippen molar-refractivity contribution in [3.8, 4) is 0 Å². The summed E-state index contributed by atoms with van der Waals surface area (Å²) in [6, 6.07) is 6.36. The number of methoxy groups -OCH3 is 1. The van der Waals surface area contributed by atoms with Crippen molar-refractivity contribution in [3.63, 3.8) is 0 Å². The minimum absolute atomic E-state index is 0.110. The molecule has 0 spiro atoms. The fourth-order valence-corrected chi connectivity index (χ4v) is 2.81. The molecule has 0 aliphatic carbocycles. The fourth-order valence-electron chi connectivity index (χ4n) is 2.81. The highest BCUT2D eigenvalue weighted by Gasteiger charge is 2.21. The maximum Gasteiger partial charge on any atom is 0.318 e. The Bertz CT molecular complexity index is 762. The van der Waals surface area contributed by atoms with Crippen molar-refractivity contribution in [2.75, 3.05) is 20.3 Å². The number of hydrogen-bond acceptors (Lipinski definition) is 3. The maximum atomic E-state index is 12.7. The van der Waals surface area contributed by atoms with E-state index in [9.17, 15) is 4.79 Å². The van der Waals surface area contributed by atoms with Crippen LogP contribution in [0.25, 0.3) is 0 Å². The van der Waals surface area contributed by atoms with Crippen LogP contribution in [0.2, 0.25) is 0 Å². The van der Waals surface area contributed by atoms with E-state index in [1.54, 1.807) is 18.2 Å². The number of imidazole rings is 1. The molecular formula is C21H32N4O2. The van der Waals surface area contributed by atoms with Gasteiger partial charge in [-0.15, -0.1) is 0 Å². The first-order valence-corrected chi connectivity index (χ1v) is 9.32. The zero-order valence-electron chi connectivity index (χ0n) is 17.4. The molecule has 0 atom stereocenters. The van der Waals surface area contributed by atoms with E-state index >= 15 is 0 Å². The van der Waals surface area contributed by atoms with Gasteiger partial charge in [-0.1, -0.05) is 23.8 Å². The van der Waals surface area contributed by atoms with Crippen molar-refractivity contribution < 1.29 is 9.53 Å². The molecule has 0 aliphatic heterocycles. The van der Waals surface area contributed by atoms with Gasteiger partial charge in [0.15, 0.2) is 0 Å². The number of ether oxygens (including phenoxy) is 1. The maximum absolute atomic E-state index is 12.7. The van der Waals surface area contributed by atoms with E-state index < -0.39 is 0 Å². The summed E-state index contributed by atoms with van der Waals surface area (Å²) in [6.07, 6.45) is 3.75. The van der Waals surface area contributed by atoms with Crippen molar-refractivity contribution in [1.82, 2.24) is 19.8 Å². The molecule has 6 heteroatoms. The highest BCUT2D eigenvalue weighted by Crippen LogP contribution is 2.14. The van der Waals surface area contributed by atoms with Crippen LogP contribution in [-0.4, -0.2) is 46.3 Å². The number of hydrogen-bond donors (Lipinski definition) is 1. The van der Waals surface area contributed by atoms with Crippen LogP contribution in [0.1, 0.15) is 43.3 Å². The molecule has 2 amide bonds. The molecule has 148 valence electrons. The van der Waals surface area contributed by atoms with Gasteiger partial charge in [-0.05, 0) is 45.7 Å². The van der Waals surface area contributed by atoms with Crippen LogP contribution < -0.4 is 5.32 Å². The molecule has 0 saturated heterocycles. The third-order valence-electron chi connectivity index (χ3n) is 4.31. The van der Waals surface area contributed by atoms with E-state index in [4.69, 9.17) is 4.74 Å². The molecule has 27 heavy (non-hydrogen) atoms.